The first-order chi connectivity index (χ1) is 8.37. The molecule has 1 saturated heterocycles. The molecule has 1 aliphatic rings. The third-order valence-corrected chi connectivity index (χ3v) is 5.24. The van der Waals surface area contributed by atoms with E-state index in [1.807, 2.05) is 6.92 Å². The average Bonchev–Trinajstić information content (AvgIpc) is 2.22. The van der Waals surface area contributed by atoms with Crippen molar-refractivity contribution < 1.29 is 8.42 Å². The van der Waals surface area contributed by atoms with Crippen molar-refractivity contribution in [1.82, 2.24) is 4.98 Å². The van der Waals surface area contributed by atoms with Crippen LogP contribution in [0.2, 0.25) is 10.3 Å². The van der Waals surface area contributed by atoms with Gasteiger partial charge in [-0.2, -0.15) is 0 Å². The lowest BCUT2D eigenvalue weighted by molar-refractivity contribution is 0.562. The van der Waals surface area contributed by atoms with E-state index < -0.39 is 9.84 Å². The summed E-state index contributed by atoms with van der Waals surface area (Å²) in [6.07, 6.45) is 1.50. The number of nitrogens with zero attached hydrogens (tertiary/aromatic N) is 1. The predicted octanol–water partition coefficient (Wildman–Crippen LogP) is 2.69. The van der Waals surface area contributed by atoms with Crippen molar-refractivity contribution in [3.8, 4) is 0 Å². The fraction of sp³-hybridized carbons (Fsp3) is 0.545. The summed E-state index contributed by atoms with van der Waals surface area (Å²) < 4.78 is 23.1. The molecule has 0 spiro atoms. The van der Waals surface area contributed by atoms with Gasteiger partial charge in [0.15, 0.2) is 15.0 Å². The first-order valence-electron chi connectivity index (χ1n) is 5.67. The summed E-state index contributed by atoms with van der Waals surface area (Å²) >= 11 is 11.8. The molecular formula is C11H14Cl2N2O2S. The predicted molar refractivity (Wildman–Crippen MR) is 74.3 cm³/mol. The zero-order valence-electron chi connectivity index (χ0n) is 9.91. The minimum atomic E-state index is -2.94. The van der Waals surface area contributed by atoms with Crippen LogP contribution >= 0.6 is 23.2 Å². The number of pyridine rings is 1. The largest absolute Gasteiger partial charge is 0.379 e. The van der Waals surface area contributed by atoms with Crippen LogP contribution in [-0.4, -0.2) is 30.9 Å². The van der Waals surface area contributed by atoms with Crippen molar-refractivity contribution in [3.05, 3.63) is 21.9 Å². The molecule has 4 nitrogen and oxygen atoms in total. The molecule has 1 fully saturated rings. The second-order valence-electron chi connectivity index (χ2n) is 4.53. The number of aryl methyl sites for hydroxylation is 1. The number of hydrogen-bond donors (Lipinski definition) is 1. The van der Waals surface area contributed by atoms with Crippen molar-refractivity contribution >= 4 is 38.7 Å². The molecule has 18 heavy (non-hydrogen) atoms. The molecule has 7 heteroatoms. The summed E-state index contributed by atoms with van der Waals surface area (Å²) in [7, 11) is -2.94. The van der Waals surface area contributed by atoms with Gasteiger partial charge in [-0.15, -0.1) is 0 Å². The molecule has 1 atom stereocenters. The highest BCUT2D eigenvalue weighted by Gasteiger charge is 2.25. The Morgan fingerprint density at radius 3 is 2.78 bits per heavy atom. The highest BCUT2D eigenvalue weighted by atomic mass is 35.5. The summed E-state index contributed by atoms with van der Waals surface area (Å²) in [6.45, 7) is 1.86. The van der Waals surface area contributed by atoms with Crippen LogP contribution in [0.1, 0.15) is 18.4 Å². The van der Waals surface area contributed by atoms with Crippen molar-refractivity contribution in [2.75, 3.05) is 16.8 Å². The van der Waals surface area contributed by atoms with Crippen LogP contribution in [0, 0.1) is 6.92 Å². The van der Waals surface area contributed by atoms with Gasteiger partial charge in [-0.3, -0.25) is 0 Å². The van der Waals surface area contributed by atoms with Crippen LogP contribution in [0.3, 0.4) is 0 Å². The Morgan fingerprint density at radius 1 is 1.44 bits per heavy atom. The van der Waals surface area contributed by atoms with Crippen molar-refractivity contribution in [2.45, 2.75) is 25.8 Å². The summed E-state index contributed by atoms with van der Waals surface area (Å²) in [5.74, 6) is 0.419. The molecule has 1 N–H and O–H groups in total. The van der Waals surface area contributed by atoms with Crippen molar-refractivity contribution in [2.24, 2.45) is 0 Å². The second kappa shape index (κ2) is 5.23. The third kappa shape index (κ3) is 3.28. The molecule has 1 aromatic heterocycles. The third-order valence-electron chi connectivity index (χ3n) is 2.95. The van der Waals surface area contributed by atoms with E-state index in [2.05, 4.69) is 10.3 Å². The zero-order chi connectivity index (χ0) is 13.3. The quantitative estimate of drug-likeness (QED) is 0.853. The Balaban J connectivity index is 2.19. The maximum Gasteiger partial charge on any atom is 0.154 e. The second-order valence-corrected chi connectivity index (χ2v) is 7.50. The first-order valence-corrected chi connectivity index (χ1v) is 8.25. The van der Waals surface area contributed by atoms with Crippen LogP contribution in [0.25, 0.3) is 0 Å². The number of sulfone groups is 1. The van der Waals surface area contributed by atoms with Crippen molar-refractivity contribution in [1.29, 1.82) is 0 Å². The fourth-order valence-corrected chi connectivity index (χ4v) is 4.33. The standard InChI is InChI=1S/C11H14Cl2N2O2S/c1-7-5-9(12)15-11(13)10(7)14-8-3-2-4-18(16,17)6-8/h5,8,14H,2-4,6H2,1H3. The Hall–Kier alpha value is -0.520. The summed E-state index contributed by atoms with van der Waals surface area (Å²) in [4.78, 5) is 3.96. The maximum absolute atomic E-state index is 11.6. The fourth-order valence-electron chi connectivity index (χ4n) is 2.11. The number of nitrogens with one attached hydrogen (secondary N) is 1. The summed E-state index contributed by atoms with van der Waals surface area (Å²) in [6, 6.07) is 1.59. The molecule has 0 aromatic carbocycles. The molecular weight excluding hydrogens is 295 g/mol. The number of hydrogen-bond acceptors (Lipinski definition) is 4. The van der Waals surface area contributed by atoms with E-state index >= 15 is 0 Å². The molecule has 0 amide bonds. The monoisotopic (exact) mass is 308 g/mol. The smallest absolute Gasteiger partial charge is 0.154 e. The summed E-state index contributed by atoms with van der Waals surface area (Å²) in [5.41, 5.74) is 1.53. The van der Waals surface area contributed by atoms with Crippen molar-refractivity contribution in [3.63, 3.8) is 0 Å². The van der Waals surface area contributed by atoms with Crippen LogP contribution in [0.5, 0.6) is 0 Å². The molecule has 1 aliphatic heterocycles. The van der Waals surface area contributed by atoms with Gasteiger partial charge in [-0.1, -0.05) is 23.2 Å². The van der Waals surface area contributed by atoms with Gasteiger partial charge in [0.05, 0.1) is 17.2 Å². The number of anilines is 1. The highest BCUT2D eigenvalue weighted by Crippen LogP contribution is 2.28. The van der Waals surface area contributed by atoms with E-state index in [0.717, 1.165) is 12.0 Å². The van der Waals surface area contributed by atoms with Gasteiger partial charge in [0, 0.05) is 6.04 Å². The van der Waals surface area contributed by atoms with E-state index in [4.69, 9.17) is 23.2 Å². The van der Waals surface area contributed by atoms with Gasteiger partial charge in [0.2, 0.25) is 0 Å². The molecule has 100 valence electrons. The minimum absolute atomic E-state index is 0.108. The van der Waals surface area contributed by atoms with Gasteiger partial charge < -0.3 is 5.32 Å². The van der Waals surface area contributed by atoms with Gasteiger partial charge in [0.25, 0.3) is 0 Å². The van der Waals surface area contributed by atoms with Crippen LogP contribution < -0.4 is 5.32 Å². The zero-order valence-corrected chi connectivity index (χ0v) is 12.2. The van der Waals surface area contributed by atoms with E-state index in [9.17, 15) is 8.42 Å². The lowest BCUT2D eigenvalue weighted by Gasteiger charge is -2.25. The number of halogens is 2. The number of aromatic nitrogens is 1. The molecule has 2 heterocycles. The van der Waals surface area contributed by atoms with E-state index in [0.29, 0.717) is 17.3 Å². The van der Waals surface area contributed by atoms with Gasteiger partial charge in [0.1, 0.15) is 5.15 Å². The average molecular weight is 309 g/mol. The molecule has 0 aliphatic carbocycles. The molecule has 2 rings (SSSR count). The van der Waals surface area contributed by atoms with Gasteiger partial charge in [-0.25, -0.2) is 13.4 Å². The molecule has 1 aromatic rings. The summed E-state index contributed by atoms with van der Waals surface area (Å²) in [5, 5.41) is 3.78. The van der Waals surface area contributed by atoms with E-state index in [1.165, 1.54) is 0 Å². The SMILES string of the molecule is Cc1cc(Cl)nc(Cl)c1NC1CCCS(=O)(=O)C1. The van der Waals surface area contributed by atoms with Crippen LogP contribution in [0.4, 0.5) is 5.69 Å². The van der Waals surface area contributed by atoms with Gasteiger partial charge >= 0.3 is 0 Å². The maximum atomic E-state index is 11.6. The highest BCUT2D eigenvalue weighted by molar-refractivity contribution is 7.91. The van der Waals surface area contributed by atoms with E-state index in [-0.39, 0.29) is 22.7 Å². The lowest BCUT2D eigenvalue weighted by Crippen LogP contribution is -2.35. The Bertz CT molecular complexity index is 537. The van der Waals surface area contributed by atoms with Crippen LogP contribution in [-0.2, 0) is 9.84 Å². The normalized spacial score (nSPS) is 22.7. The van der Waals surface area contributed by atoms with Crippen LogP contribution in [0.15, 0.2) is 6.07 Å². The Labute approximate surface area is 117 Å². The lowest BCUT2D eigenvalue weighted by atomic mass is 10.1. The topological polar surface area (TPSA) is 59.1 Å². The van der Waals surface area contributed by atoms with Gasteiger partial charge in [-0.05, 0) is 31.4 Å². The molecule has 0 radical (unpaired) electrons. The molecule has 0 saturated carbocycles. The molecule has 0 bridgehead atoms. The molecule has 1 unspecified atom stereocenters. The van der Waals surface area contributed by atoms with E-state index in [1.54, 1.807) is 6.07 Å². The minimum Gasteiger partial charge on any atom is -0.379 e. The first kappa shape index (κ1) is 13.9. The number of rotatable bonds is 2. The Kier molecular flexibility index (Phi) is 4.04. The Morgan fingerprint density at radius 2 is 2.17 bits per heavy atom.